The first kappa shape index (κ1) is 6.74. The maximum absolute atomic E-state index is 5.31. The lowest BCUT2D eigenvalue weighted by Crippen LogP contribution is -2.24. The van der Waals surface area contributed by atoms with Gasteiger partial charge in [0.15, 0.2) is 0 Å². The maximum Gasteiger partial charge on any atom is 0.112 e. The first-order valence-electron chi connectivity index (χ1n) is 2.75. The molecule has 2 aliphatic rings. The van der Waals surface area contributed by atoms with Crippen molar-refractivity contribution in [1.29, 1.82) is 0 Å². The topological polar surface area (TPSA) is 15.8 Å². The summed E-state index contributed by atoms with van der Waals surface area (Å²) in [5.41, 5.74) is 0.280. The van der Waals surface area contributed by atoms with Gasteiger partial charge in [-0.2, -0.15) is 3.48 Å². The van der Waals surface area contributed by atoms with Crippen LogP contribution in [0.1, 0.15) is 0 Å². The Morgan fingerprint density at radius 1 is 1.44 bits per heavy atom. The largest absolute Gasteiger partial charge is 0.368 e. The Hall–Kier alpha value is 1.05. The van der Waals surface area contributed by atoms with Crippen LogP contribution in [0.3, 0.4) is 0 Å². The van der Waals surface area contributed by atoms with Crippen molar-refractivity contribution in [2.45, 2.75) is 5.60 Å². The number of epoxide rings is 1. The zero-order chi connectivity index (χ0) is 6.32. The first-order valence-corrected chi connectivity index (χ1v) is 5.16. The smallest absolute Gasteiger partial charge is 0.112 e. The molecule has 2 rings (SSSR count). The Bertz CT molecular complexity index is 120. The van der Waals surface area contributed by atoms with E-state index in [0.717, 1.165) is 18.1 Å². The number of nitrogens with zero attached hydrogens (tertiary/aromatic N) is 1. The van der Waals surface area contributed by atoms with E-state index in [1.807, 2.05) is 23.9 Å². The highest BCUT2D eigenvalue weighted by Gasteiger charge is 2.47. The molecule has 2 heterocycles. The lowest BCUT2D eigenvalue weighted by molar-refractivity contribution is 0.350. The third kappa shape index (κ3) is 1.38. The van der Waals surface area contributed by atoms with Crippen molar-refractivity contribution in [1.82, 2.24) is 3.48 Å². The van der Waals surface area contributed by atoms with Gasteiger partial charge in [-0.1, -0.05) is 23.9 Å². The molecule has 2 nitrogen and oxygen atoms in total. The van der Waals surface area contributed by atoms with Crippen molar-refractivity contribution in [2.24, 2.45) is 0 Å². The minimum absolute atomic E-state index is 0.280. The summed E-state index contributed by atoms with van der Waals surface area (Å²) in [4.78, 5) is 0. The fourth-order valence-electron chi connectivity index (χ4n) is 0.710. The summed E-state index contributed by atoms with van der Waals surface area (Å²) < 4.78 is 7.43. The van der Waals surface area contributed by atoms with Crippen LogP contribution in [-0.4, -0.2) is 27.2 Å². The van der Waals surface area contributed by atoms with Crippen LogP contribution in [0.2, 0.25) is 0 Å². The number of rotatable bonds is 0. The van der Waals surface area contributed by atoms with Crippen molar-refractivity contribution in [3.63, 3.8) is 0 Å². The standard InChI is InChI=1S/C4H8NOPS2/c7-5-8-2-4(1-6-4)3-9-5/h1-3,7H2. The Morgan fingerprint density at radius 2 is 2.00 bits per heavy atom. The van der Waals surface area contributed by atoms with Crippen molar-refractivity contribution in [3.05, 3.63) is 0 Å². The fraction of sp³-hybridized carbons (Fsp3) is 1.00. The zero-order valence-electron chi connectivity index (χ0n) is 4.87. The van der Waals surface area contributed by atoms with Crippen LogP contribution in [-0.2, 0) is 4.74 Å². The molecule has 0 aliphatic carbocycles. The van der Waals surface area contributed by atoms with Crippen molar-refractivity contribution in [3.8, 4) is 0 Å². The van der Waals surface area contributed by atoms with Crippen LogP contribution in [0.15, 0.2) is 0 Å². The van der Waals surface area contributed by atoms with E-state index in [4.69, 9.17) is 4.74 Å². The third-order valence-electron chi connectivity index (χ3n) is 1.46. The van der Waals surface area contributed by atoms with E-state index in [1.165, 1.54) is 0 Å². The van der Waals surface area contributed by atoms with E-state index in [9.17, 15) is 0 Å². The molecule has 2 fully saturated rings. The van der Waals surface area contributed by atoms with Crippen LogP contribution in [0, 0.1) is 0 Å². The van der Waals surface area contributed by atoms with Gasteiger partial charge in [0.1, 0.15) is 5.60 Å². The molecule has 0 radical (unpaired) electrons. The summed E-state index contributed by atoms with van der Waals surface area (Å²) in [7, 11) is 2.67. The summed E-state index contributed by atoms with van der Waals surface area (Å²) >= 11 is 3.64. The second-order valence-electron chi connectivity index (χ2n) is 2.30. The minimum Gasteiger partial charge on any atom is -0.368 e. The molecule has 1 spiro atoms. The molecule has 0 N–H and O–H groups in total. The van der Waals surface area contributed by atoms with E-state index in [0.29, 0.717) is 0 Å². The molecule has 5 heteroatoms. The van der Waals surface area contributed by atoms with Crippen molar-refractivity contribution < 1.29 is 4.74 Å². The molecule has 1 atom stereocenters. The van der Waals surface area contributed by atoms with E-state index in [1.54, 1.807) is 0 Å². The summed E-state index contributed by atoms with van der Waals surface area (Å²) in [5.74, 6) is 2.26. The van der Waals surface area contributed by atoms with Gasteiger partial charge in [0, 0.05) is 11.5 Å². The monoisotopic (exact) mass is 181 g/mol. The zero-order valence-corrected chi connectivity index (χ0v) is 7.66. The van der Waals surface area contributed by atoms with Gasteiger partial charge in [-0.25, -0.2) is 0 Å². The van der Waals surface area contributed by atoms with Crippen LogP contribution >= 0.6 is 33.3 Å². The molecule has 0 bridgehead atoms. The lowest BCUT2D eigenvalue weighted by atomic mass is 10.2. The molecule has 0 saturated carbocycles. The van der Waals surface area contributed by atoms with E-state index >= 15 is 0 Å². The normalized spacial score (nSPS) is 33.0. The highest BCUT2D eigenvalue weighted by Crippen LogP contribution is 2.44. The fourth-order valence-corrected chi connectivity index (χ4v) is 3.16. The lowest BCUT2D eigenvalue weighted by Gasteiger charge is -2.23. The van der Waals surface area contributed by atoms with Crippen LogP contribution in [0.25, 0.3) is 0 Å². The number of hydrogen-bond donors (Lipinski definition) is 0. The van der Waals surface area contributed by atoms with Gasteiger partial charge in [0.2, 0.25) is 0 Å². The van der Waals surface area contributed by atoms with Gasteiger partial charge in [-0.3, -0.25) is 0 Å². The van der Waals surface area contributed by atoms with Gasteiger partial charge in [-0.15, -0.1) is 0 Å². The third-order valence-corrected chi connectivity index (χ3v) is 4.81. The Balaban J connectivity index is 1.91. The molecule has 0 aromatic heterocycles. The van der Waals surface area contributed by atoms with Gasteiger partial charge >= 0.3 is 0 Å². The van der Waals surface area contributed by atoms with Crippen LogP contribution in [0.5, 0.6) is 0 Å². The molecular weight excluding hydrogens is 173 g/mol. The molecular formula is C4H8NOPS2. The molecule has 0 aromatic rings. The van der Waals surface area contributed by atoms with Crippen molar-refractivity contribution in [2.75, 3.05) is 18.1 Å². The van der Waals surface area contributed by atoms with E-state index in [2.05, 4.69) is 12.9 Å². The minimum atomic E-state index is 0.280. The maximum atomic E-state index is 5.31. The van der Waals surface area contributed by atoms with Gasteiger partial charge in [0.25, 0.3) is 0 Å². The SMILES string of the molecule is PN1SCC2(CO2)CS1. The van der Waals surface area contributed by atoms with Crippen molar-refractivity contribution >= 4 is 33.3 Å². The summed E-state index contributed by atoms with van der Waals surface area (Å²) in [6, 6.07) is 0. The second-order valence-corrected chi connectivity index (χ2v) is 5.68. The molecule has 0 amide bonds. The number of hydrogen-bond acceptors (Lipinski definition) is 4. The molecule has 2 aliphatic heterocycles. The van der Waals surface area contributed by atoms with Gasteiger partial charge < -0.3 is 4.74 Å². The average Bonchev–Trinajstić information content (AvgIpc) is 2.60. The molecule has 52 valence electrons. The number of ether oxygens (including phenoxy) is 1. The Kier molecular flexibility index (Phi) is 1.71. The Morgan fingerprint density at radius 3 is 2.44 bits per heavy atom. The summed E-state index contributed by atoms with van der Waals surface area (Å²) in [6.45, 7) is 0.978. The Labute approximate surface area is 65.6 Å². The molecule has 1 unspecified atom stereocenters. The highest BCUT2D eigenvalue weighted by atomic mass is 32.2. The summed E-state index contributed by atoms with van der Waals surface area (Å²) in [6.07, 6.45) is 0. The van der Waals surface area contributed by atoms with Crippen LogP contribution < -0.4 is 0 Å². The average molecular weight is 181 g/mol. The molecule has 9 heavy (non-hydrogen) atoms. The summed E-state index contributed by atoms with van der Waals surface area (Å²) in [5, 5.41) is 0. The second kappa shape index (κ2) is 2.28. The van der Waals surface area contributed by atoms with Gasteiger partial charge in [0.05, 0.1) is 6.61 Å². The van der Waals surface area contributed by atoms with E-state index < -0.39 is 0 Å². The highest BCUT2D eigenvalue weighted by molar-refractivity contribution is 8.16. The predicted octanol–water partition coefficient (Wildman–Crippen LogP) is 1.16. The first-order chi connectivity index (χ1) is 4.31. The molecule has 0 aromatic carbocycles. The van der Waals surface area contributed by atoms with Gasteiger partial charge in [-0.05, 0) is 9.39 Å². The quantitative estimate of drug-likeness (QED) is 0.316. The predicted molar refractivity (Wildman–Crippen MR) is 45.1 cm³/mol. The van der Waals surface area contributed by atoms with Crippen LogP contribution in [0.4, 0.5) is 0 Å². The van der Waals surface area contributed by atoms with E-state index in [-0.39, 0.29) is 5.60 Å². The molecule has 2 saturated heterocycles.